The van der Waals surface area contributed by atoms with Crippen LogP contribution in [-0.2, 0) is 18.4 Å². The van der Waals surface area contributed by atoms with Crippen molar-refractivity contribution >= 4 is 13.7 Å². The molecule has 0 aromatic rings. The highest BCUT2D eigenvalue weighted by Crippen LogP contribution is 2.47. The third-order valence-corrected chi connectivity index (χ3v) is 12.8. The fourth-order valence-corrected chi connectivity index (χ4v) is 8.62. The molecule has 0 spiro atoms. The number of unbranched alkanes of at least 4 members (excludes halogenated alkanes) is 20. The molecule has 1 saturated carbocycles. The first-order valence-electron chi connectivity index (χ1n) is 25.3. The molecule has 0 radical (unpaired) electrons. The lowest BCUT2D eigenvalue weighted by molar-refractivity contribution is -0.220. The summed E-state index contributed by atoms with van der Waals surface area (Å²) in [6, 6.07) is -1.27. The molecule has 0 heterocycles. The van der Waals surface area contributed by atoms with E-state index in [9.17, 15) is 50.0 Å². The number of aliphatic hydroxyl groups excluding tert-OH is 7. The van der Waals surface area contributed by atoms with E-state index in [4.69, 9.17) is 9.05 Å². The average molecular weight is 942 g/mol. The molecule has 0 aromatic heterocycles. The van der Waals surface area contributed by atoms with Crippen LogP contribution >= 0.6 is 7.82 Å². The van der Waals surface area contributed by atoms with E-state index in [1.54, 1.807) is 6.08 Å². The van der Waals surface area contributed by atoms with Gasteiger partial charge in [-0.1, -0.05) is 171 Å². The highest BCUT2D eigenvalue weighted by atomic mass is 31.2. The van der Waals surface area contributed by atoms with Gasteiger partial charge < -0.3 is 46.0 Å². The van der Waals surface area contributed by atoms with Crippen molar-refractivity contribution in [2.24, 2.45) is 0 Å². The number of allylic oxidation sites excluding steroid dienone is 9. The minimum absolute atomic E-state index is 0.268. The lowest BCUT2D eigenvalue weighted by atomic mass is 9.85. The summed E-state index contributed by atoms with van der Waals surface area (Å²) in [5.74, 6) is -0.617. The standard InChI is InChI=1S/C51H92NO12P/c1-3-5-7-9-11-13-15-17-19-20-21-22-23-25-27-29-31-33-35-37-39-44(54)43(41-63-65(61,62)64-51-49(59)47(57)46(56)48(58)50(51)60)52-45(55)40-42(53)38-36-34-32-30-28-26-24-18-16-14-12-10-8-6-4-2/h12,14,18,22-24,29,31,37,39,42-44,46-51,53-54,56-60H,3-11,13,15-17,19-21,25-28,30,32-36,38,40-41H2,1-2H3,(H,52,55)(H,61,62)/b14-12-,23-22+,24-18-,31-29+,39-37+. The summed E-state index contributed by atoms with van der Waals surface area (Å²) in [5.41, 5.74) is 0. The number of phosphoric ester groups is 1. The Morgan fingerprint density at radius 3 is 1.48 bits per heavy atom. The van der Waals surface area contributed by atoms with Crippen LogP contribution < -0.4 is 5.32 Å². The van der Waals surface area contributed by atoms with Crippen molar-refractivity contribution in [3.8, 4) is 0 Å². The molecular formula is C51H92NO12P. The summed E-state index contributed by atoms with van der Waals surface area (Å²) in [6.07, 6.45) is 35.9. The first-order chi connectivity index (χ1) is 31.3. The highest BCUT2D eigenvalue weighted by Gasteiger charge is 2.51. The number of nitrogens with one attached hydrogen (secondary N) is 1. The second-order valence-electron chi connectivity index (χ2n) is 17.8. The van der Waals surface area contributed by atoms with Gasteiger partial charge in [0.05, 0.1) is 31.3 Å². The zero-order chi connectivity index (χ0) is 48.0. The van der Waals surface area contributed by atoms with Gasteiger partial charge in [-0.15, -0.1) is 0 Å². The van der Waals surface area contributed by atoms with E-state index in [0.29, 0.717) is 19.3 Å². The third kappa shape index (κ3) is 31.6. The van der Waals surface area contributed by atoms with Crippen LogP contribution in [0.2, 0.25) is 0 Å². The zero-order valence-electron chi connectivity index (χ0n) is 40.1. The van der Waals surface area contributed by atoms with Crippen LogP contribution in [0.3, 0.4) is 0 Å². The smallest absolute Gasteiger partial charge is 0.393 e. The molecule has 0 saturated heterocycles. The Balaban J connectivity index is 2.56. The number of hydrogen-bond acceptors (Lipinski definition) is 11. The number of phosphoric acid groups is 1. The molecule has 8 unspecified atom stereocenters. The molecule has 1 fully saturated rings. The number of carbonyl (C=O) groups excluding carboxylic acids is 1. The molecule has 65 heavy (non-hydrogen) atoms. The SMILES string of the molecule is CCCCC/C=C\C/C=C\CCCCCCCC(O)CC(=O)NC(COP(=O)(O)OC1C(O)C(O)C(O)C(O)C1O)C(O)/C=C/CC/C=C/CC/C=C/CCCCCCCCCCCC. The maximum atomic E-state index is 13.0. The summed E-state index contributed by atoms with van der Waals surface area (Å²) >= 11 is 0. The van der Waals surface area contributed by atoms with Crippen LogP contribution in [0.5, 0.6) is 0 Å². The summed E-state index contributed by atoms with van der Waals surface area (Å²) in [5, 5.41) is 74.6. The maximum Gasteiger partial charge on any atom is 0.472 e. The highest BCUT2D eigenvalue weighted by molar-refractivity contribution is 7.47. The van der Waals surface area contributed by atoms with Crippen molar-refractivity contribution in [1.29, 1.82) is 0 Å². The molecule has 1 amide bonds. The van der Waals surface area contributed by atoms with E-state index in [-0.39, 0.29) is 6.42 Å². The van der Waals surface area contributed by atoms with Crippen molar-refractivity contribution < 1.29 is 59.0 Å². The lowest BCUT2D eigenvalue weighted by Gasteiger charge is -2.41. The molecule has 13 nitrogen and oxygen atoms in total. The van der Waals surface area contributed by atoms with Crippen LogP contribution in [0.4, 0.5) is 0 Å². The molecule has 1 aliphatic rings. The van der Waals surface area contributed by atoms with Crippen LogP contribution in [0.15, 0.2) is 60.8 Å². The second-order valence-corrected chi connectivity index (χ2v) is 19.2. The molecule has 1 rings (SSSR count). The molecule has 8 atom stereocenters. The normalized spacial score (nSPS) is 23.0. The van der Waals surface area contributed by atoms with Crippen LogP contribution in [0.25, 0.3) is 0 Å². The van der Waals surface area contributed by atoms with Gasteiger partial charge in [0.15, 0.2) is 0 Å². The zero-order valence-corrected chi connectivity index (χ0v) is 41.0. The predicted molar refractivity (Wildman–Crippen MR) is 261 cm³/mol. The number of aliphatic hydroxyl groups is 7. The van der Waals surface area contributed by atoms with E-state index in [2.05, 4.69) is 67.8 Å². The minimum atomic E-state index is -5.16. The molecule has 0 aliphatic heterocycles. The number of amides is 1. The third-order valence-electron chi connectivity index (χ3n) is 11.8. The van der Waals surface area contributed by atoms with Gasteiger partial charge in [0.25, 0.3) is 0 Å². The van der Waals surface area contributed by atoms with E-state index in [1.165, 1.54) is 89.5 Å². The summed E-state index contributed by atoms with van der Waals surface area (Å²) < 4.78 is 22.9. The second kappa shape index (κ2) is 39.9. The minimum Gasteiger partial charge on any atom is -0.393 e. The molecule has 378 valence electrons. The van der Waals surface area contributed by atoms with Gasteiger partial charge in [-0.3, -0.25) is 13.8 Å². The molecular weight excluding hydrogens is 850 g/mol. The summed E-state index contributed by atoms with van der Waals surface area (Å²) in [6.45, 7) is 3.70. The Kier molecular flexibility index (Phi) is 37.5. The Bertz CT molecular complexity index is 1340. The summed E-state index contributed by atoms with van der Waals surface area (Å²) in [7, 11) is -5.16. The molecule has 0 aromatic carbocycles. The molecule has 1 aliphatic carbocycles. The number of carbonyl (C=O) groups is 1. The molecule has 14 heteroatoms. The van der Waals surface area contributed by atoms with Crippen LogP contribution in [0.1, 0.15) is 194 Å². The average Bonchev–Trinajstić information content (AvgIpc) is 3.28. The number of rotatable bonds is 41. The van der Waals surface area contributed by atoms with Crippen molar-refractivity contribution in [3.63, 3.8) is 0 Å². The Morgan fingerprint density at radius 1 is 0.554 bits per heavy atom. The Morgan fingerprint density at radius 2 is 0.954 bits per heavy atom. The van der Waals surface area contributed by atoms with Crippen molar-refractivity contribution in [3.05, 3.63) is 60.8 Å². The monoisotopic (exact) mass is 942 g/mol. The largest absolute Gasteiger partial charge is 0.472 e. The Hall–Kier alpha value is -2.00. The predicted octanol–water partition coefficient (Wildman–Crippen LogP) is 9.26. The van der Waals surface area contributed by atoms with Crippen LogP contribution in [-0.4, -0.2) is 108 Å². The molecule has 9 N–H and O–H groups in total. The van der Waals surface area contributed by atoms with Gasteiger partial charge in [-0.25, -0.2) is 4.57 Å². The summed E-state index contributed by atoms with van der Waals surface area (Å²) in [4.78, 5) is 23.5. The first kappa shape index (κ1) is 61.0. The van der Waals surface area contributed by atoms with Crippen molar-refractivity contribution in [1.82, 2.24) is 5.32 Å². The van der Waals surface area contributed by atoms with Crippen LogP contribution in [0, 0.1) is 0 Å². The topological polar surface area (TPSA) is 226 Å². The van der Waals surface area contributed by atoms with Crippen molar-refractivity contribution in [2.75, 3.05) is 6.61 Å². The van der Waals surface area contributed by atoms with E-state index in [1.807, 2.05) is 0 Å². The van der Waals surface area contributed by atoms with E-state index < -0.39 is 75.2 Å². The first-order valence-corrected chi connectivity index (χ1v) is 26.8. The van der Waals surface area contributed by atoms with Gasteiger partial charge in [0, 0.05) is 0 Å². The fraction of sp³-hybridized carbons (Fsp3) is 0.784. The molecule has 0 bridgehead atoms. The quantitative estimate of drug-likeness (QED) is 0.0159. The maximum absolute atomic E-state index is 13.0. The van der Waals surface area contributed by atoms with Gasteiger partial charge in [-0.2, -0.15) is 0 Å². The van der Waals surface area contributed by atoms with Crippen molar-refractivity contribution in [2.45, 2.75) is 249 Å². The lowest BCUT2D eigenvalue weighted by Crippen LogP contribution is -2.64. The number of hydrogen-bond donors (Lipinski definition) is 9. The van der Waals surface area contributed by atoms with Gasteiger partial charge in [0.2, 0.25) is 5.91 Å². The van der Waals surface area contributed by atoms with Gasteiger partial charge in [0.1, 0.15) is 36.6 Å². The van der Waals surface area contributed by atoms with Gasteiger partial charge >= 0.3 is 7.82 Å². The van der Waals surface area contributed by atoms with Gasteiger partial charge in [-0.05, 0) is 77.0 Å². The van der Waals surface area contributed by atoms with E-state index >= 15 is 0 Å². The Labute approximate surface area is 392 Å². The van der Waals surface area contributed by atoms with E-state index in [0.717, 1.165) is 70.6 Å². The fourth-order valence-electron chi connectivity index (χ4n) is 7.65.